The molecule has 0 spiro atoms. The van der Waals surface area contributed by atoms with Crippen LogP contribution in [0.5, 0.6) is 5.75 Å². The van der Waals surface area contributed by atoms with Crippen molar-refractivity contribution in [2.75, 3.05) is 0 Å². The summed E-state index contributed by atoms with van der Waals surface area (Å²) in [4.78, 5) is 12.5. The van der Waals surface area contributed by atoms with Gasteiger partial charge >= 0.3 is 0 Å². The molecule has 0 radical (unpaired) electrons. The maximum atomic E-state index is 12.5. The first-order valence-electron chi connectivity index (χ1n) is 8.26. The van der Waals surface area contributed by atoms with Crippen LogP contribution in [-0.2, 0) is 4.79 Å². The second kappa shape index (κ2) is 5.53. The van der Waals surface area contributed by atoms with Gasteiger partial charge < -0.3 is 4.74 Å². The lowest BCUT2D eigenvalue weighted by molar-refractivity contribution is -0.132. The number of allylic oxidation sites excluding steroid dienone is 2. The zero-order chi connectivity index (χ0) is 16.7. The molecule has 1 aromatic carbocycles. The molecule has 0 heterocycles. The van der Waals surface area contributed by atoms with Gasteiger partial charge in [-0.05, 0) is 42.7 Å². The van der Waals surface area contributed by atoms with Crippen molar-refractivity contribution in [3.8, 4) is 11.8 Å². The second-order valence-electron chi connectivity index (χ2n) is 7.61. The molecule has 23 heavy (non-hydrogen) atoms. The highest BCUT2D eigenvalue weighted by atomic mass is 16.5. The Bertz CT molecular complexity index is 683. The molecule has 0 amide bonds. The van der Waals surface area contributed by atoms with E-state index < -0.39 is 5.41 Å². The summed E-state index contributed by atoms with van der Waals surface area (Å²) in [5, 5.41) is 9.33. The van der Waals surface area contributed by atoms with Crippen LogP contribution in [0.3, 0.4) is 0 Å². The minimum Gasteiger partial charge on any atom is -0.490 e. The molecule has 0 aliphatic heterocycles. The smallest absolute Gasteiger partial charge is 0.178 e. The van der Waals surface area contributed by atoms with Crippen molar-refractivity contribution >= 4 is 5.78 Å². The van der Waals surface area contributed by atoms with Crippen LogP contribution in [0.4, 0.5) is 0 Å². The number of nitriles is 1. The summed E-state index contributed by atoms with van der Waals surface area (Å²) < 4.78 is 6.14. The fourth-order valence-corrected chi connectivity index (χ4v) is 4.54. The number of para-hydroxylation sites is 1. The number of ketones is 1. The molecule has 3 atom stereocenters. The molecule has 1 aromatic rings. The number of hydrogen-bond donors (Lipinski definition) is 0. The number of carbonyl (C=O) groups is 1. The van der Waals surface area contributed by atoms with Crippen molar-refractivity contribution in [3.63, 3.8) is 0 Å². The molecule has 0 aromatic heterocycles. The monoisotopic (exact) mass is 309 g/mol. The zero-order valence-corrected chi connectivity index (χ0v) is 14.0. The second-order valence-corrected chi connectivity index (χ2v) is 7.61. The number of benzene rings is 1. The Morgan fingerprint density at radius 2 is 1.87 bits per heavy atom. The Labute approximate surface area is 138 Å². The minimum atomic E-state index is -0.480. The standard InChI is InChI=1S/C20H23NO2/c1-19(2)17-10-9-16(23-15-7-5-4-6-8-15)12-20(17,3)11-14(13-21)18(19)22/h4-8,11,16-17H,9-10,12H2,1-3H3. The van der Waals surface area contributed by atoms with Gasteiger partial charge in [0.15, 0.2) is 5.78 Å². The highest BCUT2D eigenvalue weighted by Crippen LogP contribution is 2.55. The van der Waals surface area contributed by atoms with Gasteiger partial charge in [0.1, 0.15) is 11.8 Å². The van der Waals surface area contributed by atoms with E-state index in [1.807, 2.05) is 50.3 Å². The quantitative estimate of drug-likeness (QED) is 0.818. The molecule has 0 N–H and O–H groups in total. The fraction of sp³-hybridized carbons (Fsp3) is 0.500. The predicted molar refractivity (Wildman–Crippen MR) is 88.8 cm³/mol. The van der Waals surface area contributed by atoms with Crippen molar-refractivity contribution in [1.82, 2.24) is 0 Å². The van der Waals surface area contributed by atoms with E-state index in [-0.39, 0.29) is 23.2 Å². The van der Waals surface area contributed by atoms with E-state index in [2.05, 4.69) is 13.0 Å². The lowest BCUT2D eigenvalue weighted by Gasteiger charge is -2.51. The molecule has 3 heteroatoms. The molecule has 3 unspecified atom stereocenters. The van der Waals surface area contributed by atoms with E-state index >= 15 is 0 Å². The summed E-state index contributed by atoms with van der Waals surface area (Å²) in [5.74, 6) is 1.13. The van der Waals surface area contributed by atoms with E-state index in [9.17, 15) is 10.1 Å². The van der Waals surface area contributed by atoms with E-state index in [0.717, 1.165) is 25.0 Å². The van der Waals surface area contributed by atoms with Crippen molar-refractivity contribution in [2.45, 2.75) is 46.1 Å². The van der Waals surface area contributed by atoms with Gasteiger partial charge in [-0.1, -0.05) is 45.0 Å². The average molecular weight is 309 g/mol. The molecular weight excluding hydrogens is 286 g/mol. The van der Waals surface area contributed by atoms with Crippen LogP contribution >= 0.6 is 0 Å². The number of carbonyl (C=O) groups excluding carboxylic acids is 1. The maximum Gasteiger partial charge on any atom is 0.178 e. The Kier molecular flexibility index (Phi) is 3.80. The number of Topliss-reactive ketones (excluding diaryl/α,β-unsaturated/α-hetero) is 1. The molecular formula is C20H23NO2. The first-order chi connectivity index (χ1) is 10.9. The van der Waals surface area contributed by atoms with Crippen LogP contribution in [-0.4, -0.2) is 11.9 Å². The Hall–Kier alpha value is -2.08. The third kappa shape index (κ3) is 2.67. The highest BCUT2D eigenvalue weighted by Gasteiger charge is 2.53. The number of fused-ring (bicyclic) bond motifs is 1. The predicted octanol–water partition coefficient (Wildman–Crippen LogP) is 4.30. The van der Waals surface area contributed by atoms with Crippen molar-refractivity contribution in [3.05, 3.63) is 42.0 Å². The van der Waals surface area contributed by atoms with E-state index in [4.69, 9.17) is 4.74 Å². The number of ether oxygens (including phenoxy) is 1. The molecule has 120 valence electrons. The largest absolute Gasteiger partial charge is 0.490 e. The molecule has 1 fully saturated rings. The minimum absolute atomic E-state index is 0.00935. The summed E-state index contributed by atoms with van der Waals surface area (Å²) in [7, 11) is 0. The Balaban J connectivity index is 1.87. The van der Waals surface area contributed by atoms with Gasteiger partial charge in [0, 0.05) is 5.41 Å². The van der Waals surface area contributed by atoms with Gasteiger partial charge in [0.25, 0.3) is 0 Å². The highest BCUT2D eigenvalue weighted by molar-refractivity contribution is 6.04. The fourth-order valence-electron chi connectivity index (χ4n) is 4.54. The molecule has 2 aliphatic carbocycles. The van der Waals surface area contributed by atoms with E-state index in [1.54, 1.807) is 0 Å². The molecule has 0 bridgehead atoms. The summed E-state index contributed by atoms with van der Waals surface area (Å²) in [6.45, 7) is 6.14. The Morgan fingerprint density at radius 3 is 2.52 bits per heavy atom. The van der Waals surface area contributed by atoms with Crippen LogP contribution in [0.1, 0.15) is 40.0 Å². The van der Waals surface area contributed by atoms with Crippen LogP contribution in [0.25, 0.3) is 0 Å². The summed E-state index contributed by atoms with van der Waals surface area (Å²) in [5.41, 5.74) is -0.332. The number of hydrogen-bond acceptors (Lipinski definition) is 3. The molecule has 3 nitrogen and oxygen atoms in total. The SMILES string of the molecule is CC12C=C(C#N)C(=O)C(C)(C)C1CCC(Oc1ccccc1)C2. The molecule has 3 rings (SSSR count). The number of nitrogens with zero attached hydrogens (tertiary/aromatic N) is 1. The van der Waals surface area contributed by atoms with Crippen LogP contribution in [0.15, 0.2) is 42.0 Å². The van der Waals surface area contributed by atoms with Gasteiger partial charge in [0.05, 0.1) is 11.7 Å². The third-order valence-corrected chi connectivity index (χ3v) is 5.58. The summed E-state index contributed by atoms with van der Waals surface area (Å²) >= 11 is 0. The lowest BCUT2D eigenvalue weighted by Crippen LogP contribution is -2.51. The third-order valence-electron chi connectivity index (χ3n) is 5.58. The summed E-state index contributed by atoms with van der Waals surface area (Å²) in [6, 6.07) is 12.0. The lowest BCUT2D eigenvalue weighted by atomic mass is 9.52. The molecule has 1 saturated carbocycles. The first kappa shape index (κ1) is 15.8. The van der Waals surface area contributed by atoms with Crippen molar-refractivity contribution < 1.29 is 9.53 Å². The maximum absolute atomic E-state index is 12.5. The van der Waals surface area contributed by atoms with Gasteiger partial charge in [-0.2, -0.15) is 5.26 Å². The van der Waals surface area contributed by atoms with Crippen LogP contribution in [0.2, 0.25) is 0 Å². The zero-order valence-electron chi connectivity index (χ0n) is 14.0. The van der Waals surface area contributed by atoms with Crippen LogP contribution < -0.4 is 4.74 Å². The van der Waals surface area contributed by atoms with Gasteiger partial charge in [0.2, 0.25) is 0 Å². The average Bonchev–Trinajstić information content (AvgIpc) is 2.52. The first-order valence-corrected chi connectivity index (χ1v) is 8.26. The van der Waals surface area contributed by atoms with Gasteiger partial charge in [-0.3, -0.25) is 4.79 Å². The van der Waals surface area contributed by atoms with Crippen molar-refractivity contribution in [2.24, 2.45) is 16.7 Å². The van der Waals surface area contributed by atoms with Crippen molar-refractivity contribution in [1.29, 1.82) is 5.26 Å². The number of rotatable bonds is 2. The Morgan fingerprint density at radius 1 is 1.17 bits per heavy atom. The summed E-state index contributed by atoms with van der Waals surface area (Å²) in [6.07, 6.45) is 4.77. The van der Waals surface area contributed by atoms with E-state index in [1.165, 1.54) is 0 Å². The van der Waals surface area contributed by atoms with Gasteiger partial charge in [-0.15, -0.1) is 0 Å². The van der Waals surface area contributed by atoms with E-state index in [0.29, 0.717) is 5.57 Å². The topological polar surface area (TPSA) is 50.1 Å². The van der Waals surface area contributed by atoms with Gasteiger partial charge in [-0.25, -0.2) is 0 Å². The molecule has 2 aliphatic rings. The molecule has 0 saturated heterocycles. The van der Waals surface area contributed by atoms with Crippen LogP contribution in [0, 0.1) is 28.1 Å². The normalized spacial score (nSPS) is 32.4.